The molecule has 68 valence electrons. The summed E-state index contributed by atoms with van der Waals surface area (Å²) in [6.07, 6.45) is 1.89. The van der Waals surface area contributed by atoms with E-state index in [-0.39, 0.29) is 5.12 Å². The van der Waals surface area contributed by atoms with Gasteiger partial charge in [-0.05, 0) is 5.41 Å². The average Bonchev–Trinajstić information content (AvgIpc) is 2.19. The molecule has 0 N–H and O–H groups in total. The molecule has 0 saturated heterocycles. The molecule has 1 nitrogen and oxygen atoms in total. The molecule has 1 aromatic rings. The van der Waals surface area contributed by atoms with Crippen LogP contribution in [0.25, 0.3) is 0 Å². The van der Waals surface area contributed by atoms with E-state index in [4.69, 9.17) is 0 Å². The van der Waals surface area contributed by atoms with Crippen molar-refractivity contribution in [1.29, 1.82) is 0 Å². The Bertz CT molecular complexity index is 295. The molecule has 0 aliphatic heterocycles. The lowest BCUT2D eigenvalue weighted by Crippen LogP contribution is -1.89. The first-order chi connectivity index (χ1) is 6.34. The van der Waals surface area contributed by atoms with E-state index in [0.717, 1.165) is 10.9 Å². The van der Waals surface area contributed by atoms with Crippen LogP contribution in [-0.4, -0.2) is 10.4 Å². The highest BCUT2D eigenvalue weighted by Crippen LogP contribution is 2.12. The maximum atomic E-state index is 11.4. The number of thioether (sulfide) groups is 1. The third-order valence-electron chi connectivity index (χ3n) is 1.37. The number of rotatable bonds is 3. The number of halogens is 1. The quantitative estimate of drug-likeness (QED) is 0.771. The lowest BCUT2D eigenvalue weighted by Gasteiger charge is -1.94. The summed E-state index contributed by atoms with van der Waals surface area (Å²) in [6, 6.07) is 9.26. The van der Waals surface area contributed by atoms with Gasteiger partial charge in [-0.25, -0.2) is 0 Å². The molecule has 13 heavy (non-hydrogen) atoms. The van der Waals surface area contributed by atoms with Crippen molar-refractivity contribution in [3.05, 3.63) is 47.4 Å². The minimum atomic E-state index is 0.0813. The van der Waals surface area contributed by atoms with E-state index < -0.39 is 0 Å². The molecular weight excluding hydrogens is 248 g/mol. The molecule has 0 saturated carbocycles. The van der Waals surface area contributed by atoms with Gasteiger partial charge in [-0.3, -0.25) is 4.79 Å². The van der Waals surface area contributed by atoms with E-state index in [0.29, 0.717) is 0 Å². The van der Waals surface area contributed by atoms with Crippen LogP contribution in [0.15, 0.2) is 41.8 Å². The lowest BCUT2D eigenvalue weighted by molar-refractivity contribution is 0.109. The minimum absolute atomic E-state index is 0.0813. The maximum absolute atomic E-state index is 11.4. The minimum Gasteiger partial charge on any atom is -0.281 e. The highest BCUT2D eigenvalue weighted by molar-refractivity contribution is 9.09. The van der Waals surface area contributed by atoms with Crippen molar-refractivity contribution in [3.8, 4) is 0 Å². The number of alkyl halides is 1. The monoisotopic (exact) mass is 256 g/mol. The van der Waals surface area contributed by atoms with Crippen LogP contribution in [0.3, 0.4) is 0 Å². The predicted octanol–water partition coefficient (Wildman–Crippen LogP) is 3.47. The Morgan fingerprint density at radius 1 is 1.38 bits per heavy atom. The summed E-state index contributed by atoms with van der Waals surface area (Å²) in [5, 5.41) is 2.66. The normalized spacial score (nSPS) is 10.5. The molecule has 0 heterocycles. The van der Waals surface area contributed by atoms with Crippen LogP contribution >= 0.6 is 27.7 Å². The zero-order valence-electron chi connectivity index (χ0n) is 6.94. The van der Waals surface area contributed by atoms with E-state index in [1.165, 1.54) is 11.8 Å². The largest absolute Gasteiger partial charge is 0.281 e. The van der Waals surface area contributed by atoms with Gasteiger partial charge < -0.3 is 0 Å². The summed E-state index contributed by atoms with van der Waals surface area (Å²) < 4.78 is 0. The zero-order chi connectivity index (χ0) is 9.52. The molecule has 0 fully saturated rings. The van der Waals surface area contributed by atoms with Gasteiger partial charge in [-0.2, -0.15) is 0 Å². The molecule has 0 aliphatic rings. The number of hydrogen-bond donors (Lipinski definition) is 0. The van der Waals surface area contributed by atoms with Crippen LogP contribution in [-0.2, 0) is 0 Å². The molecular formula is C10H9BrOS. The summed E-state index contributed by atoms with van der Waals surface area (Å²) in [5.41, 5.74) is 0.742. The molecule has 0 spiro atoms. The topological polar surface area (TPSA) is 17.1 Å². The molecule has 0 unspecified atom stereocenters. The molecule has 3 heteroatoms. The first-order valence-corrected chi connectivity index (χ1v) is 5.81. The second-order valence-electron chi connectivity index (χ2n) is 2.30. The maximum Gasteiger partial charge on any atom is 0.223 e. The number of carbonyl (C=O) groups is 1. The van der Waals surface area contributed by atoms with Gasteiger partial charge in [0.1, 0.15) is 0 Å². The van der Waals surface area contributed by atoms with Gasteiger partial charge in [-0.1, -0.05) is 64.1 Å². The van der Waals surface area contributed by atoms with Gasteiger partial charge in [0.05, 0.1) is 0 Å². The standard InChI is InChI=1S/C10H9BrOS/c11-7-4-8-13-10(12)9-5-2-1-3-6-9/h1-6,8H,7H2/b8-4+. The Morgan fingerprint density at radius 3 is 2.69 bits per heavy atom. The van der Waals surface area contributed by atoms with Crippen molar-refractivity contribution < 1.29 is 4.79 Å². The van der Waals surface area contributed by atoms with Crippen LogP contribution in [0.4, 0.5) is 0 Å². The fourth-order valence-corrected chi connectivity index (χ4v) is 1.81. The molecule has 0 amide bonds. The highest BCUT2D eigenvalue weighted by Gasteiger charge is 2.01. The molecule has 1 aromatic carbocycles. The van der Waals surface area contributed by atoms with Crippen molar-refractivity contribution in [2.24, 2.45) is 0 Å². The van der Waals surface area contributed by atoms with Gasteiger partial charge >= 0.3 is 0 Å². The third kappa shape index (κ3) is 3.79. The Labute approximate surface area is 90.4 Å². The van der Waals surface area contributed by atoms with E-state index in [9.17, 15) is 4.79 Å². The summed E-state index contributed by atoms with van der Waals surface area (Å²) in [5.74, 6) is 0. The van der Waals surface area contributed by atoms with E-state index in [2.05, 4.69) is 15.9 Å². The van der Waals surface area contributed by atoms with Crippen molar-refractivity contribution >= 4 is 32.8 Å². The Balaban J connectivity index is 2.54. The SMILES string of the molecule is O=C(S/C=C/CBr)c1ccccc1. The highest BCUT2D eigenvalue weighted by atomic mass is 79.9. The summed E-state index contributed by atoms with van der Waals surface area (Å²) >= 11 is 4.45. The number of allylic oxidation sites excluding steroid dienone is 1. The van der Waals surface area contributed by atoms with Crippen molar-refractivity contribution in [1.82, 2.24) is 0 Å². The van der Waals surface area contributed by atoms with Crippen LogP contribution in [0.5, 0.6) is 0 Å². The van der Waals surface area contributed by atoms with Gasteiger partial charge in [0.25, 0.3) is 0 Å². The lowest BCUT2D eigenvalue weighted by atomic mass is 10.2. The Morgan fingerprint density at radius 2 is 2.08 bits per heavy atom. The Hall–Kier alpha value is -0.540. The van der Waals surface area contributed by atoms with Crippen molar-refractivity contribution in [2.45, 2.75) is 0 Å². The Kier molecular flexibility index (Phi) is 4.86. The zero-order valence-corrected chi connectivity index (χ0v) is 9.35. The molecule has 0 bridgehead atoms. The van der Waals surface area contributed by atoms with Crippen LogP contribution in [0.1, 0.15) is 10.4 Å². The number of benzene rings is 1. The number of carbonyl (C=O) groups excluding carboxylic acids is 1. The second-order valence-corrected chi connectivity index (χ2v) is 3.82. The molecule has 0 aromatic heterocycles. The first-order valence-electron chi connectivity index (χ1n) is 3.81. The van der Waals surface area contributed by atoms with E-state index in [1.54, 1.807) is 5.41 Å². The first kappa shape index (κ1) is 10.5. The fraction of sp³-hybridized carbons (Fsp3) is 0.100. The molecule has 0 radical (unpaired) electrons. The average molecular weight is 257 g/mol. The van der Waals surface area contributed by atoms with Crippen molar-refractivity contribution in [2.75, 3.05) is 5.33 Å². The third-order valence-corrected chi connectivity index (χ3v) is 2.52. The molecule has 0 atom stereocenters. The van der Waals surface area contributed by atoms with Gasteiger partial charge in [0.2, 0.25) is 5.12 Å². The van der Waals surface area contributed by atoms with Crippen molar-refractivity contribution in [3.63, 3.8) is 0 Å². The summed E-state index contributed by atoms with van der Waals surface area (Å²) in [7, 11) is 0. The summed E-state index contributed by atoms with van der Waals surface area (Å²) in [6.45, 7) is 0. The predicted molar refractivity (Wildman–Crippen MR) is 61.3 cm³/mol. The van der Waals surface area contributed by atoms with Gasteiger partial charge in [0, 0.05) is 10.9 Å². The van der Waals surface area contributed by atoms with Crippen LogP contribution in [0, 0.1) is 0 Å². The van der Waals surface area contributed by atoms with Gasteiger partial charge in [-0.15, -0.1) is 0 Å². The van der Waals surface area contributed by atoms with E-state index in [1.807, 2.05) is 36.4 Å². The van der Waals surface area contributed by atoms with Gasteiger partial charge in [0.15, 0.2) is 0 Å². The van der Waals surface area contributed by atoms with Crippen LogP contribution < -0.4 is 0 Å². The smallest absolute Gasteiger partial charge is 0.223 e. The van der Waals surface area contributed by atoms with E-state index >= 15 is 0 Å². The second kappa shape index (κ2) is 6.00. The molecule has 0 aliphatic carbocycles. The molecule has 1 rings (SSSR count). The fourth-order valence-electron chi connectivity index (χ4n) is 0.789. The summed E-state index contributed by atoms with van der Waals surface area (Å²) in [4.78, 5) is 11.4. The number of hydrogen-bond acceptors (Lipinski definition) is 2. The van der Waals surface area contributed by atoms with Crippen LogP contribution in [0.2, 0.25) is 0 Å².